The second-order valence-electron chi connectivity index (χ2n) is 6.43. The van der Waals surface area contributed by atoms with E-state index in [0.29, 0.717) is 21.1 Å². The molecule has 4 nitrogen and oxygen atoms in total. The minimum atomic E-state index is -0.422. The molecule has 7 heteroatoms. The number of carbonyl (C=O) groups is 1. The third-order valence-corrected chi connectivity index (χ3v) is 6.61. The minimum Gasteiger partial charge on any atom is -0.465 e. The molecule has 1 aliphatic rings. The highest BCUT2D eigenvalue weighted by molar-refractivity contribution is 7.80. The highest BCUT2D eigenvalue weighted by Gasteiger charge is 2.28. The first-order chi connectivity index (χ1) is 13.0. The second-order valence-corrected chi connectivity index (χ2v) is 8.25. The summed E-state index contributed by atoms with van der Waals surface area (Å²) in [6.07, 6.45) is 0.972. The van der Waals surface area contributed by atoms with Crippen LogP contribution < -0.4 is 10.2 Å². The smallest absolute Gasteiger partial charge is 0.349 e. The molecule has 0 saturated carbocycles. The summed E-state index contributed by atoms with van der Waals surface area (Å²) in [5.74, 6) is -0.422. The molecule has 1 N–H and O–H groups in total. The lowest BCUT2D eigenvalue weighted by atomic mass is 10.1. The zero-order valence-electron chi connectivity index (χ0n) is 14.8. The number of halogens is 1. The zero-order chi connectivity index (χ0) is 19.1. The van der Waals surface area contributed by atoms with Crippen LogP contribution in [-0.2, 0) is 11.2 Å². The number of carbonyl (C=O) groups excluding carboxylic acids is 1. The van der Waals surface area contributed by atoms with Gasteiger partial charge in [0.15, 0.2) is 5.11 Å². The van der Waals surface area contributed by atoms with Crippen molar-refractivity contribution in [3.8, 4) is 0 Å². The first-order valence-corrected chi connectivity index (χ1v) is 10.1. The van der Waals surface area contributed by atoms with Crippen LogP contribution in [0.2, 0.25) is 5.02 Å². The number of para-hydroxylation sites is 1. The first-order valence-electron chi connectivity index (χ1n) is 8.48. The predicted octanol–water partition coefficient (Wildman–Crippen LogP) is 5.49. The normalized spacial score (nSPS) is 15.7. The summed E-state index contributed by atoms with van der Waals surface area (Å²) in [6, 6.07) is 14.4. The number of rotatable bonds is 2. The Kier molecular flexibility index (Phi) is 4.80. The number of esters is 1. The van der Waals surface area contributed by atoms with Crippen LogP contribution in [0, 0.1) is 0 Å². The summed E-state index contributed by atoms with van der Waals surface area (Å²) in [7, 11) is 1.35. The van der Waals surface area contributed by atoms with Crippen LogP contribution in [0.3, 0.4) is 0 Å². The highest BCUT2D eigenvalue weighted by atomic mass is 35.5. The molecule has 0 radical (unpaired) electrons. The molecule has 27 heavy (non-hydrogen) atoms. The van der Waals surface area contributed by atoms with Crippen LogP contribution in [0.5, 0.6) is 0 Å². The number of nitrogens with one attached hydrogen (secondary N) is 1. The van der Waals surface area contributed by atoms with Crippen molar-refractivity contribution in [1.29, 1.82) is 0 Å². The Balaban J connectivity index is 1.62. The van der Waals surface area contributed by atoms with Gasteiger partial charge in [-0.2, -0.15) is 0 Å². The fraction of sp³-hybridized carbons (Fsp3) is 0.200. The molecular formula is C20H17ClN2O2S2. The van der Waals surface area contributed by atoms with Gasteiger partial charge in [0.25, 0.3) is 0 Å². The van der Waals surface area contributed by atoms with Crippen LogP contribution in [0.15, 0.2) is 42.5 Å². The summed E-state index contributed by atoms with van der Waals surface area (Å²) in [6.45, 7) is 2.17. The lowest BCUT2D eigenvalue weighted by Crippen LogP contribution is -2.38. The molecule has 0 spiro atoms. The number of anilines is 2. The monoisotopic (exact) mass is 416 g/mol. The van der Waals surface area contributed by atoms with Gasteiger partial charge in [-0.1, -0.05) is 29.8 Å². The fourth-order valence-corrected chi connectivity index (χ4v) is 5.29. The molecule has 3 aromatic rings. The Morgan fingerprint density at radius 2 is 2.11 bits per heavy atom. The van der Waals surface area contributed by atoms with Crippen molar-refractivity contribution < 1.29 is 9.53 Å². The van der Waals surface area contributed by atoms with Crippen LogP contribution in [0.4, 0.5) is 11.4 Å². The number of thiocarbonyl (C=S) groups is 1. The van der Waals surface area contributed by atoms with Crippen molar-refractivity contribution in [2.45, 2.75) is 19.4 Å². The Morgan fingerprint density at radius 1 is 1.33 bits per heavy atom. The standard InChI is InChI=1S/C20H17ClN2O2S2/c1-11-9-12-5-3-4-6-15(12)23(11)20(26)22-13-7-8-14-16(10-13)27-18(17(14)21)19(24)25-2/h3-8,10-11H,9H2,1-2H3,(H,22,26)/t11-/m1/s1. The van der Waals surface area contributed by atoms with Gasteiger partial charge < -0.3 is 15.0 Å². The summed E-state index contributed by atoms with van der Waals surface area (Å²) in [5, 5.41) is 5.24. The number of fused-ring (bicyclic) bond motifs is 2. The van der Waals surface area contributed by atoms with Gasteiger partial charge in [0.05, 0.1) is 12.1 Å². The van der Waals surface area contributed by atoms with Crippen molar-refractivity contribution in [3.05, 3.63) is 57.9 Å². The summed E-state index contributed by atoms with van der Waals surface area (Å²) >= 11 is 13.3. The lowest BCUT2D eigenvalue weighted by molar-refractivity contribution is 0.0606. The van der Waals surface area contributed by atoms with E-state index in [0.717, 1.165) is 27.9 Å². The maximum atomic E-state index is 11.9. The lowest BCUT2D eigenvalue weighted by Gasteiger charge is -2.26. The predicted molar refractivity (Wildman–Crippen MR) is 116 cm³/mol. The van der Waals surface area contributed by atoms with Gasteiger partial charge in [-0.05, 0) is 55.4 Å². The van der Waals surface area contributed by atoms with Crippen LogP contribution in [0.1, 0.15) is 22.2 Å². The largest absolute Gasteiger partial charge is 0.465 e. The van der Waals surface area contributed by atoms with E-state index >= 15 is 0 Å². The van der Waals surface area contributed by atoms with E-state index in [1.54, 1.807) is 0 Å². The summed E-state index contributed by atoms with van der Waals surface area (Å²) < 4.78 is 5.70. The van der Waals surface area contributed by atoms with Crippen molar-refractivity contribution in [2.24, 2.45) is 0 Å². The number of benzene rings is 2. The van der Waals surface area contributed by atoms with E-state index in [4.69, 9.17) is 28.6 Å². The molecule has 0 amide bonds. The fourth-order valence-electron chi connectivity index (χ4n) is 3.43. The molecule has 0 saturated heterocycles. The molecule has 1 aliphatic heterocycles. The number of ether oxygens (including phenoxy) is 1. The van der Waals surface area contributed by atoms with Gasteiger partial charge in [0.1, 0.15) is 4.88 Å². The van der Waals surface area contributed by atoms with E-state index in [-0.39, 0.29) is 0 Å². The van der Waals surface area contributed by atoms with Gasteiger partial charge in [0.2, 0.25) is 0 Å². The van der Waals surface area contributed by atoms with E-state index in [1.807, 2.05) is 24.3 Å². The maximum Gasteiger partial charge on any atom is 0.349 e. The van der Waals surface area contributed by atoms with Crippen LogP contribution >= 0.6 is 35.2 Å². The molecule has 4 rings (SSSR count). The van der Waals surface area contributed by atoms with Crippen molar-refractivity contribution in [3.63, 3.8) is 0 Å². The van der Waals surface area contributed by atoms with E-state index < -0.39 is 5.97 Å². The Hall–Kier alpha value is -2.15. The Labute approximate surface area is 171 Å². The molecule has 1 atom stereocenters. The van der Waals surface area contributed by atoms with E-state index in [1.165, 1.54) is 24.0 Å². The van der Waals surface area contributed by atoms with E-state index in [2.05, 4.69) is 35.3 Å². The zero-order valence-corrected chi connectivity index (χ0v) is 17.2. The first kappa shape index (κ1) is 18.2. The Morgan fingerprint density at radius 3 is 2.89 bits per heavy atom. The maximum absolute atomic E-state index is 11.9. The Bertz CT molecular complexity index is 1060. The molecule has 0 fully saturated rings. The molecule has 1 aromatic heterocycles. The van der Waals surface area contributed by atoms with Gasteiger partial charge in [-0.15, -0.1) is 11.3 Å². The quantitative estimate of drug-likeness (QED) is 0.442. The summed E-state index contributed by atoms with van der Waals surface area (Å²) in [5.41, 5.74) is 3.31. The molecule has 0 aliphatic carbocycles. The number of hydrogen-bond acceptors (Lipinski definition) is 4. The number of nitrogens with zero attached hydrogens (tertiary/aromatic N) is 1. The SMILES string of the molecule is COC(=O)c1sc2cc(NC(=S)N3c4ccccc4C[C@H]3C)ccc2c1Cl. The molecule has 138 valence electrons. The van der Waals surface area contributed by atoms with Gasteiger partial charge in [-0.25, -0.2) is 4.79 Å². The van der Waals surface area contributed by atoms with Gasteiger partial charge in [-0.3, -0.25) is 0 Å². The highest BCUT2D eigenvalue weighted by Crippen LogP contribution is 2.37. The van der Waals surface area contributed by atoms with Crippen LogP contribution in [-0.4, -0.2) is 24.2 Å². The third kappa shape index (κ3) is 3.18. The van der Waals surface area contributed by atoms with Crippen LogP contribution in [0.25, 0.3) is 10.1 Å². The second kappa shape index (κ2) is 7.11. The summed E-state index contributed by atoms with van der Waals surface area (Å²) in [4.78, 5) is 14.4. The average molecular weight is 417 g/mol. The third-order valence-electron chi connectivity index (χ3n) is 4.68. The number of methoxy groups -OCH3 is 1. The van der Waals surface area contributed by atoms with Crippen molar-refractivity contribution in [2.75, 3.05) is 17.3 Å². The molecule has 0 bridgehead atoms. The molecule has 0 unspecified atom stereocenters. The van der Waals surface area contributed by atoms with E-state index in [9.17, 15) is 4.79 Å². The average Bonchev–Trinajstić information content (AvgIpc) is 3.17. The number of thiophene rings is 1. The minimum absolute atomic E-state index is 0.299. The van der Waals surface area contributed by atoms with Crippen molar-refractivity contribution >= 4 is 67.7 Å². The molecule has 2 aromatic carbocycles. The van der Waals surface area contributed by atoms with Gasteiger partial charge >= 0.3 is 5.97 Å². The number of hydrogen-bond donors (Lipinski definition) is 1. The van der Waals surface area contributed by atoms with Gasteiger partial charge in [0, 0.05) is 27.5 Å². The van der Waals surface area contributed by atoms with Crippen molar-refractivity contribution in [1.82, 2.24) is 0 Å². The topological polar surface area (TPSA) is 41.6 Å². The molecular weight excluding hydrogens is 400 g/mol. The molecule has 2 heterocycles.